The van der Waals surface area contributed by atoms with Crippen molar-refractivity contribution in [3.63, 3.8) is 0 Å². The van der Waals surface area contributed by atoms with Crippen LogP contribution >= 0.6 is 11.6 Å². The minimum absolute atomic E-state index is 0.0983. The molecule has 1 fully saturated rings. The second kappa shape index (κ2) is 10.1. The number of hydrogen-bond acceptors (Lipinski definition) is 3. The highest BCUT2D eigenvalue weighted by Gasteiger charge is 2.49. The number of rotatable bonds is 5. The zero-order valence-electron chi connectivity index (χ0n) is 19.5. The van der Waals surface area contributed by atoms with E-state index in [1.807, 2.05) is 6.07 Å². The number of fused-ring (bicyclic) bond motifs is 1. The molecule has 2 aliphatic rings. The summed E-state index contributed by atoms with van der Waals surface area (Å²) in [5.41, 5.74) is 3.27. The minimum atomic E-state index is -0.849. The first-order valence-corrected chi connectivity index (χ1v) is 12.2. The minimum Gasteiger partial charge on any atom is -0.324 e. The largest absolute Gasteiger partial charge is 0.324 e. The van der Waals surface area contributed by atoms with Gasteiger partial charge in [-0.25, -0.2) is 4.79 Å². The van der Waals surface area contributed by atoms with Gasteiger partial charge in [-0.05, 0) is 86.7 Å². The molecule has 2 aromatic rings. The van der Waals surface area contributed by atoms with E-state index in [0.717, 1.165) is 44.5 Å². The molecule has 1 atom stereocenters. The molecule has 2 N–H and O–H groups in total. The van der Waals surface area contributed by atoms with Gasteiger partial charge >= 0.3 is 6.03 Å². The molecule has 3 amide bonds. The highest BCUT2D eigenvalue weighted by Crippen LogP contribution is 2.36. The quantitative estimate of drug-likeness (QED) is 0.635. The lowest BCUT2D eigenvalue weighted by atomic mass is 9.89. The summed E-state index contributed by atoms with van der Waals surface area (Å²) in [7, 11) is 2.15. The molecule has 1 unspecified atom stereocenters. The standard InChI is InChI=1S/C26H33ClN4O2/c1-3-13-26(14-4-15-31(26)25(33)29-22-9-6-21(27)7-10-22)24(32)28-23-8-5-19-11-16-30(2)17-12-20(19)18-23/h5-10,18H,3-4,11-17H2,1-2H3,(H,28,32)(H,29,33). The van der Waals surface area contributed by atoms with Gasteiger partial charge in [0, 0.05) is 36.0 Å². The Balaban J connectivity index is 1.53. The van der Waals surface area contributed by atoms with Crippen LogP contribution in [0, 0.1) is 0 Å². The van der Waals surface area contributed by atoms with Gasteiger partial charge in [-0.15, -0.1) is 0 Å². The van der Waals surface area contributed by atoms with Crippen molar-refractivity contribution in [1.82, 2.24) is 9.80 Å². The second-order valence-electron chi connectivity index (χ2n) is 9.21. The summed E-state index contributed by atoms with van der Waals surface area (Å²) in [5, 5.41) is 6.71. The van der Waals surface area contributed by atoms with Crippen LogP contribution in [0.25, 0.3) is 0 Å². The number of amides is 3. The number of carbonyl (C=O) groups is 2. The van der Waals surface area contributed by atoms with E-state index in [9.17, 15) is 9.59 Å². The number of urea groups is 1. The van der Waals surface area contributed by atoms with Gasteiger partial charge in [-0.1, -0.05) is 31.0 Å². The Hall–Kier alpha value is -2.57. The fourth-order valence-corrected chi connectivity index (χ4v) is 5.21. The smallest absolute Gasteiger partial charge is 0.322 e. The number of halogens is 1. The monoisotopic (exact) mass is 468 g/mol. The number of hydrogen-bond donors (Lipinski definition) is 2. The van der Waals surface area contributed by atoms with Crippen molar-refractivity contribution in [2.75, 3.05) is 37.3 Å². The molecule has 6 nitrogen and oxygen atoms in total. The highest BCUT2D eigenvalue weighted by atomic mass is 35.5. The Labute approximate surface area is 201 Å². The first-order chi connectivity index (χ1) is 15.9. The maximum absolute atomic E-state index is 13.7. The van der Waals surface area contributed by atoms with Crippen LogP contribution in [0.3, 0.4) is 0 Å². The Morgan fingerprint density at radius 1 is 0.970 bits per heavy atom. The maximum Gasteiger partial charge on any atom is 0.322 e. The number of likely N-dealkylation sites (N-methyl/N-ethyl adjacent to an activating group) is 1. The second-order valence-corrected chi connectivity index (χ2v) is 9.65. The number of nitrogens with one attached hydrogen (secondary N) is 2. The predicted molar refractivity (Wildman–Crippen MR) is 134 cm³/mol. The number of nitrogens with zero attached hydrogens (tertiary/aromatic N) is 2. The zero-order valence-corrected chi connectivity index (χ0v) is 20.3. The van der Waals surface area contributed by atoms with Gasteiger partial charge in [-0.3, -0.25) is 4.79 Å². The Morgan fingerprint density at radius 3 is 2.39 bits per heavy atom. The lowest BCUT2D eigenvalue weighted by Gasteiger charge is -2.37. The van der Waals surface area contributed by atoms with Gasteiger partial charge in [-0.2, -0.15) is 0 Å². The van der Waals surface area contributed by atoms with Crippen molar-refractivity contribution in [2.45, 2.75) is 51.0 Å². The molecule has 4 rings (SSSR count). The first-order valence-electron chi connectivity index (χ1n) is 11.9. The summed E-state index contributed by atoms with van der Waals surface area (Å²) in [6.07, 6.45) is 4.91. The van der Waals surface area contributed by atoms with Crippen molar-refractivity contribution in [2.24, 2.45) is 0 Å². The molecule has 2 aliphatic heterocycles. The van der Waals surface area contributed by atoms with Crippen molar-refractivity contribution < 1.29 is 9.59 Å². The molecule has 0 bridgehead atoms. The summed E-state index contributed by atoms with van der Waals surface area (Å²) >= 11 is 5.96. The van der Waals surface area contributed by atoms with Crippen LogP contribution in [-0.4, -0.2) is 54.0 Å². The highest BCUT2D eigenvalue weighted by molar-refractivity contribution is 6.30. The molecule has 0 aromatic heterocycles. The summed E-state index contributed by atoms with van der Waals surface area (Å²) in [6, 6.07) is 13.0. The van der Waals surface area contributed by atoms with Gasteiger partial charge < -0.3 is 20.4 Å². The molecular formula is C26H33ClN4O2. The molecule has 2 heterocycles. The number of likely N-dealkylation sites (tertiary alicyclic amines) is 1. The summed E-state index contributed by atoms with van der Waals surface area (Å²) < 4.78 is 0. The van der Waals surface area contributed by atoms with Crippen LogP contribution in [0.2, 0.25) is 5.02 Å². The van der Waals surface area contributed by atoms with E-state index >= 15 is 0 Å². The molecule has 0 saturated carbocycles. The number of anilines is 2. The molecular weight excluding hydrogens is 436 g/mol. The lowest BCUT2D eigenvalue weighted by Crippen LogP contribution is -2.56. The number of carbonyl (C=O) groups excluding carboxylic acids is 2. The van der Waals surface area contributed by atoms with Gasteiger partial charge in [0.1, 0.15) is 5.54 Å². The number of benzene rings is 2. The topological polar surface area (TPSA) is 64.7 Å². The average molecular weight is 469 g/mol. The van der Waals surface area contributed by atoms with Crippen LogP contribution in [-0.2, 0) is 17.6 Å². The van der Waals surface area contributed by atoms with Crippen molar-refractivity contribution in [3.8, 4) is 0 Å². The van der Waals surface area contributed by atoms with E-state index in [0.29, 0.717) is 30.1 Å². The van der Waals surface area contributed by atoms with Crippen LogP contribution in [0.4, 0.5) is 16.2 Å². The van der Waals surface area contributed by atoms with E-state index in [-0.39, 0.29) is 11.9 Å². The molecule has 33 heavy (non-hydrogen) atoms. The summed E-state index contributed by atoms with van der Waals surface area (Å²) in [6.45, 7) is 4.68. The normalized spacial score (nSPS) is 20.8. The van der Waals surface area contributed by atoms with E-state index in [2.05, 4.69) is 41.6 Å². The van der Waals surface area contributed by atoms with E-state index < -0.39 is 5.54 Å². The van der Waals surface area contributed by atoms with Gasteiger partial charge in [0.15, 0.2) is 0 Å². The van der Waals surface area contributed by atoms with Crippen molar-refractivity contribution >= 4 is 34.9 Å². The molecule has 0 radical (unpaired) electrons. The SMILES string of the molecule is CCCC1(C(=O)Nc2ccc3c(c2)CCN(C)CC3)CCCN1C(=O)Nc1ccc(Cl)cc1. The third kappa shape index (κ3) is 5.17. The Kier molecular flexibility index (Phi) is 7.25. The predicted octanol–water partition coefficient (Wildman–Crippen LogP) is 5.18. The fourth-order valence-electron chi connectivity index (χ4n) is 5.08. The average Bonchev–Trinajstić information content (AvgIpc) is 3.15. The molecule has 0 aliphatic carbocycles. The van der Waals surface area contributed by atoms with E-state index in [1.165, 1.54) is 11.1 Å². The van der Waals surface area contributed by atoms with E-state index in [4.69, 9.17) is 11.6 Å². The van der Waals surface area contributed by atoms with Gasteiger partial charge in [0.25, 0.3) is 0 Å². The van der Waals surface area contributed by atoms with Crippen LogP contribution in [0.5, 0.6) is 0 Å². The molecule has 0 spiro atoms. The third-order valence-electron chi connectivity index (χ3n) is 6.91. The maximum atomic E-state index is 13.7. The lowest BCUT2D eigenvalue weighted by molar-refractivity contribution is -0.125. The van der Waals surface area contributed by atoms with Crippen LogP contribution in [0.1, 0.15) is 43.7 Å². The molecule has 1 saturated heterocycles. The third-order valence-corrected chi connectivity index (χ3v) is 7.16. The first kappa shape index (κ1) is 23.6. The molecule has 176 valence electrons. The Morgan fingerprint density at radius 2 is 1.67 bits per heavy atom. The van der Waals surface area contributed by atoms with Crippen LogP contribution < -0.4 is 10.6 Å². The zero-order chi connectivity index (χ0) is 23.4. The van der Waals surface area contributed by atoms with Gasteiger partial charge in [0.05, 0.1) is 0 Å². The molecule has 2 aromatic carbocycles. The van der Waals surface area contributed by atoms with Gasteiger partial charge in [0.2, 0.25) is 5.91 Å². The van der Waals surface area contributed by atoms with Crippen LogP contribution in [0.15, 0.2) is 42.5 Å². The van der Waals surface area contributed by atoms with E-state index in [1.54, 1.807) is 29.2 Å². The van der Waals surface area contributed by atoms with Crippen molar-refractivity contribution in [1.29, 1.82) is 0 Å². The Bertz CT molecular complexity index is 1010. The molecule has 7 heteroatoms. The summed E-state index contributed by atoms with van der Waals surface area (Å²) in [4.78, 5) is 30.9. The fraction of sp³-hybridized carbons (Fsp3) is 0.462. The summed E-state index contributed by atoms with van der Waals surface area (Å²) in [5.74, 6) is -0.0983. The van der Waals surface area contributed by atoms with Crippen molar-refractivity contribution in [3.05, 3.63) is 58.6 Å².